The molecule has 0 spiro atoms. The Labute approximate surface area is 124 Å². The van der Waals surface area contributed by atoms with Crippen molar-refractivity contribution in [2.45, 2.75) is 33.6 Å². The number of amides is 1. The van der Waals surface area contributed by atoms with E-state index in [4.69, 9.17) is 0 Å². The summed E-state index contributed by atoms with van der Waals surface area (Å²) >= 11 is 0. The fraction of sp³-hybridized carbons (Fsp3) is 0.312. The quantitative estimate of drug-likeness (QED) is 0.654. The molecule has 0 fully saturated rings. The Hall–Kier alpha value is -2.43. The second-order valence-electron chi connectivity index (χ2n) is 5.12. The molecule has 1 heterocycles. The average Bonchev–Trinajstić information content (AvgIpc) is 2.78. The van der Waals surface area contributed by atoms with E-state index >= 15 is 0 Å². The molecule has 1 aromatic carbocycles. The van der Waals surface area contributed by atoms with E-state index in [9.17, 15) is 4.79 Å². The van der Waals surface area contributed by atoms with E-state index in [2.05, 4.69) is 20.7 Å². The van der Waals surface area contributed by atoms with Crippen molar-refractivity contribution in [2.24, 2.45) is 5.10 Å². The summed E-state index contributed by atoms with van der Waals surface area (Å²) in [5.74, 6) is -0.0987. The topological polar surface area (TPSA) is 70.1 Å². The maximum Gasteiger partial charge on any atom is 0.240 e. The fourth-order valence-corrected chi connectivity index (χ4v) is 2.07. The van der Waals surface area contributed by atoms with E-state index in [1.54, 1.807) is 6.21 Å². The minimum atomic E-state index is -0.0987. The second kappa shape index (κ2) is 6.83. The maximum absolute atomic E-state index is 11.7. The lowest BCUT2D eigenvalue weighted by atomic mass is 10.1. The molecule has 5 nitrogen and oxygen atoms in total. The number of carbonyl (C=O) groups is 1. The second-order valence-corrected chi connectivity index (χ2v) is 5.12. The van der Waals surface area contributed by atoms with Crippen LogP contribution in [0.25, 0.3) is 0 Å². The number of aromatic nitrogens is 2. The Kier molecular flexibility index (Phi) is 4.87. The number of nitrogens with one attached hydrogen (secondary N) is 2. The van der Waals surface area contributed by atoms with Crippen LogP contribution in [0.2, 0.25) is 0 Å². The van der Waals surface area contributed by atoms with Gasteiger partial charge in [0.05, 0.1) is 11.9 Å². The molecule has 0 saturated heterocycles. The molecule has 0 atom stereocenters. The Morgan fingerprint density at radius 2 is 2.00 bits per heavy atom. The van der Waals surface area contributed by atoms with Gasteiger partial charge in [-0.15, -0.1) is 0 Å². The molecule has 0 radical (unpaired) electrons. The van der Waals surface area contributed by atoms with Crippen molar-refractivity contribution in [2.75, 3.05) is 0 Å². The summed E-state index contributed by atoms with van der Waals surface area (Å²) in [7, 11) is 0. The van der Waals surface area contributed by atoms with Crippen LogP contribution in [0.4, 0.5) is 0 Å². The van der Waals surface area contributed by atoms with Gasteiger partial charge in [0.2, 0.25) is 5.91 Å². The van der Waals surface area contributed by atoms with E-state index < -0.39 is 0 Å². The summed E-state index contributed by atoms with van der Waals surface area (Å²) in [4.78, 5) is 11.7. The SMILES string of the molecule is Cc1ccc(/C=N/NC(=O)CCc2c(C)n[nH]c2C)cc1. The van der Waals surface area contributed by atoms with E-state index in [1.165, 1.54) is 5.56 Å². The molecule has 2 N–H and O–H groups in total. The van der Waals surface area contributed by atoms with Gasteiger partial charge in [-0.25, -0.2) is 5.43 Å². The Morgan fingerprint density at radius 1 is 1.29 bits per heavy atom. The molecule has 0 aliphatic heterocycles. The van der Waals surface area contributed by atoms with Gasteiger partial charge < -0.3 is 0 Å². The molecule has 2 aromatic rings. The number of aromatic amines is 1. The summed E-state index contributed by atoms with van der Waals surface area (Å²) in [6.07, 6.45) is 2.71. The van der Waals surface area contributed by atoms with Crippen LogP contribution in [0, 0.1) is 20.8 Å². The third kappa shape index (κ3) is 4.27. The zero-order valence-corrected chi connectivity index (χ0v) is 12.6. The van der Waals surface area contributed by atoms with E-state index in [0.29, 0.717) is 12.8 Å². The van der Waals surface area contributed by atoms with Crippen molar-refractivity contribution in [3.8, 4) is 0 Å². The molecule has 2 rings (SSSR count). The van der Waals surface area contributed by atoms with Gasteiger partial charge in [-0.05, 0) is 38.3 Å². The Bertz CT molecular complexity index is 621. The van der Waals surface area contributed by atoms with Crippen LogP contribution in [0.5, 0.6) is 0 Å². The molecule has 0 aliphatic rings. The fourth-order valence-electron chi connectivity index (χ4n) is 2.07. The molecule has 1 aromatic heterocycles. The normalized spacial score (nSPS) is 11.0. The molecule has 1 amide bonds. The van der Waals surface area contributed by atoms with Crippen molar-refractivity contribution in [1.29, 1.82) is 0 Å². The monoisotopic (exact) mass is 284 g/mol. The summed E-state index contributed by atoms with van der Waals surface area (Å²) in [5, 5.41) is 11.0. The van der Waals surface area contributed by atoms with Gasteiger partial charge in [0.1, 0.15) is 0 Å². The van der Waals surface area contributed by atoms with Crippen LogP contribution in [0.3, 0.4) is 0 Å². The van der Waals surface area contributed by atoms with E-state index in [0.717, 1.165) is 22.5 Å². The van der Waals surface area contributed by atoms with Crippen LogP contribution in [0.1, 0.15) is 34.5 Å². The van der Waals surface area contributed by atoms with E-state index in [1.807, 2.05) is 45.0 Å². The molecule has 0 saturated carbocycles. The highest BCUT2D eigenvalue weighted by molar-refractivity contribution is 5.82. The van der Waals surface area contributed by atoms with Crippen molar-refractivity contribution >= 4 is 12.1 Å². The highest BCUT2D eigenvalue weighted by Crippen LogP contribution is 2.11. The molecule has 0 bridgehead atoms. The van der Waals surface area contributed by atoms with Gasteiger partial charge in [0.15, 0.2) is 0 Å². The predicted molar refractivity (Wildman–Crippen MR) is 83.3 cm³/mol. The van der Waals surface area contributed by atoms with Crippen molar-refractivity contribution in [1.82, 2.24) is 15.6 Å². The predicted octanol–water partition coefficient (Wildman–Crippen LogP) is 2.42. The zero-order valence-electron chi connectivity index (χ0n) is 12.6. The van der Waals surface area contributed by atoms with Gasteiger partial charge in [0.25, 0.3) is 0 Å². The summed E-state index contributed by atoms with van der Waals surface area (Å²) in [5.41, 5.74) is 7.77. The molecule has 0 aliphatic carbocycles. The summed E-state index contributed by atoms with van der Waals surface area (Å²) < 4.78 is 0. The van der Waals surface area contributed by atoms with Crippen LogP contribution in [-0.2, 0) is 11.2 Å². The van der Waals surface area contributed by atoms with Gasteiger partial charge in [-0.1, -0.05) is 29.8 Å². The highest BCUT2D eigenvalue weighted by Gasteiger charge is 2.08. The molecule has 5 heteroatoms. The minimum absolute atomic E-state index is 0.0987. The lowest BCUT2D eigenvalue weighted by molar-refractivity contribution is -0.121. The molecule has 0 unspecified atom stereocenters. The van der Waals surface area contributed by atoms with Gasteiger partial charge in [-0.2, -0.15) is 10.2 Å². The van der Waals surface area contributed by atoms with Crippen molar-refractivity contribution < 1.29 is 4.79 Å². The van der Waals surface area contributed by atoms with Gasteiger partial charge in [0, 0.05) is 12.1 Å². The average molecular weight is 284 g/mol. The Morgan fingerprint density at radius 3 is 2.62 bits per heavy atom. The van der Waals surface area contributed by atoms with Gasteiger partial charge in [-0.3, -0.25) is 9.89 Å². The Balaban J connectivity index is 1.81. The first kappa shape index (κ1) is 15.0. The minimum Gasteiger partial charge on any atom is -0.282 e. The lowest BCUT2D eigenvalue weighted by Crippen LogP contribution is -2.18. The van der Waals surface area contributed by atoms with Crippen molar-refractivity contribution in [3.05, 3.63) is 52.3 Å². The molecule has 21 heavy (non-hydrogen) atoms. The number of nitrogens with zero attached hydrogens (tertiary/aromatic N) is 2. The number of H-pyrrole nitrogens is 1. The first-order valence-corrected chi connectivity index (χ1v) is 6.95. The first-order chi connectivity index (χ1) is 10.1. The number of hydrogen-bond acceptors (Lipinski definition) is 3. The molecular formula is C16H20N4O. The van der Waals surface area contributed by atoms with Gasteiger partial charge >= 0.3 is 0 Å². The number of hydrazone groups is 1. The summed E-state index contributed by atoms with van der Waals surface area (Å²) in [6, 6.07) is 7.94. The van der Waals surface area contributed by atoms with Crippen LogP contribution >= 0.6 is 0 Å². The molecule has 110 valence electrons. The smallest absolute Gasteiger partial charge is 0.240 e. The number of carbonyl (C=O) groups excluding carboxylic acids is 1. The van der Waals surface area contributed by atoms with Crippen LogP contribution < -0.4 is 5.43 Å². The van der Waals surface area contributed by atoms with Crippen LogP contribution in [0.15, 0.2) is 29.4 Å². The molecular weight excluding hydrogens is 264 g/mol. The number of rotatable bonds is 5. The first-order valence-electron chi connectivity index (χ1n) is 6.95. The third-order valence-corrected chi connectivity index (χ3v) is 3.36. The lowest BCUT2D eigenvalue weighted by Gasteiger charge is -2.01. The largest absolute Gasteiger partial charge is 0.282 e. The number of hydrogen-bond donors (Lipinski definition) is 2. The number of aryl methyl sites for hydroxylation is 3. The zero-order chi connectivity index (χ0) is 15.2. The maximum atomic E-state index is 11.7. The standard InChI is InChI=1S/C16H20N4O/c1-11-4-6-14(7-5-11)10-17-20-16(21)9-8-15-12(2)18-19-13(15)3/h4-7,10H,8-9H2,1-3H3,(H,18,19)(H,20,21)/b17-10+. The highest BCUT2D eigenvalue weighted by atomic mass is 16.2. The summed E-state index contributed by atoms with van der Waals surface area (Å²) in [6.45, 7) is 5.93. The third-order valence-electron chi connectivity index (χ3n) is 3.36. The number of benzene rings is 1. The van der Waals surface area contributed by atoms with Crippen molar-refractivity contribution in [3.63, 3.8) is 0 Å². The van der Waals surface area contributed by atoms with Crippen LogP contribution in [-0.4, -0.2) is 22.3 Å². The van der Waals surface area contributed by atoms with E-state index in [-0.39, 0.29) is 5.91 Å².